The van der Waals surface area contributed by atoms with Gasteiger partial charge in [0.2, 0.25) is 0 Å². The van der Waals surface area contributed by atoms with Crippen LogP contribution in [-0.2, 0) is 10.1 Å². The van der Waals surface area contributed by atoms with E-state index in [-0.39, 0.29) is 33.5 Å². The van der Waals surface area contributed by atoms with E-state index in [1.165, 1.54) is 36.4 Å². The summed E-state index contributed by atoms with van der Waals surface area (Å²) in [4.78, 5) is 30.9. The normalized spacial score (nSPS) is 12.0. The Morgan fingerprint density at radius 2 is 1.23 bits per heavy atom. The van der Waals surface area contributed by atoms with Gasteiger partial charge < -0.3 is 18.1 Å². The van der Waals surface area contributed by atoms with E-state index in [2.05, 4.69) is 14.2 Å². The molecule has 6 rings (SSSR count). The lowest BCUT2D eigenvalue weighted by atomic mass is 10.2. The number of benzene rings is 4. The van der Waals surface area contributed by atoms with Crippen LogP contribution in [-0.4, -0.2) is 29.0 Å². The first-order chi connectivity index (χ1) is 18.4. The highest BCUT2D eigenvalue weighted by atomic mass is 32.2. The number of fused-ring (bicyclic) bond motifs is 4. The summed E-state index contributed by atoms with van der Waals surface area (Å²) in [7, 11) is -5.78. The van der Waals surface area contributed by atoms with E-state index in [0.29, 0.717) is 28.2 Å². The van der Waals surface area contributed by atoms with Crippen LogP contribution in [0.3, 0.4) is 0 Å². The van der Waals surface area contributed by atoms with Gasteiger partial charge in [0, 0.05) is 24.3 Å². The Hall–Kier alpha value is -4.98. The first-order valence-electron chi connectivity index (χ1n) is 10.8. The summed E-state index contributed by atoms with van der Waals surface area (Å²) in [6.07, 6.45) is 0. The predicted molar refractivity (Wildman–Crippen MR) is 131 cm³/mol. The van der Waals surface area contributed by atoms with Crippen LogP contribution in [0.2, 0.25) is 0 Å². The van der Waals surface area contributed by atoms with Crippen molar-refractivity contribution >= 4 is 32.3 Å². The van der Waals surface area contributed by atoms with Crippen molar-refractivity contribution in [3.8, 4) is 34.4 Å². The number of hydrogen-bond donors (Lipinski definition) is 1. The maximum atomic E-state index is 12.3. The predicted octanol–water partition coefficient (Wildman–Crippen LogP) is 4.52. The molecule has 2 aromatic carbocycles. The number of phenolic OH excluding ortho intramolecular Hbond substituents is 1. The summed E-state index contributed by atoms with van der Waals surface area (Å²) < 4.78 is 73.7. The molecule has 0 amide bonds. The Bertz CT molecular complexity index is 2020. The van der Waals surface area contributed by atoms with Crippen molar-refractivity contribution in [2.24, 2.45) is 0 Å². The van der Waals surface area contributed by atoms with Gasteiger partial charge in [-0.15, -0.1) is 0 Å². The Morgan fingerprint density at radius 3 is 1.77 bits per heavy atom. The monoisotopic (exact) mass is 558 g/mol. The Kier molecular flexibility index (Phi) is 6.18. The molecule has 10 nitrogen and oxygen atoms in total. The number of alkyl halides is 3. The summed E-state index contributed by atoms with van der Waals surface area (Å²) in [6, 6.07) is 16.2. The zero-order valence-corrected chi connectivity index (χ0v) is 20.0. The molecular weight excluding hydrogens is 545 g/mol. The fourth-order valence-electron chi connectivity index (χ4n) is 3.40. The molecule has 0 saturated carbocycles. The second-order valence-corrected chi connectivity index (χ2v) is 9.49. The van der Waals surface area contributed by atoms with E-state index >= 15 is 0 Å². The van der Waals surface area contributed by atoms with E-state index in [1.54, 1.807) is 18.2 Å². The molecular formula is C25H13F3N2O8S. The molecule has 39 heavy (non-hydrogen) atoms. The van der Waals surface area contributed by atoms with Crippen LogP contribution in [0.5, 0.6) is 11.5 Å². The zero-order valence-electron chi connectivity index (χ0n) is 19.2. The second-order valence-electron chi connectivity index (χ2n) is 7.95. The third-order valence-corrected chi connectivity index (χ3v) is 6.13. The van der Waals surface area contributed by atoms with E-state index in [9.17, 15) is 36.3 Å². The van der Waals surface area contributed by atoms with E-state index in [0.717, 1.165) is 18.2 Å². The van der Waals surface area contributed by atoms with Crippen LogP contribution in [0.1, 0.15) is 0 Å². The Balaban J connectivity index is 0.000000168. The van der Waals surface area contributed by atoms with Gasteiger partial charge in [-0.05, 0) is 48.5 Å². The van der Waals surface area contributed by atoms with Crippen molar-refractivity contribution in [3.63, 3.8) is 0 Å². The van der Waals surface area contributed by atoms with Gasteiger partial charge in [0.15, 0.2) is 33.5 Å². The maximum Gasteiger partial charge on any atom is 0.534 e. The van der Waals surface area contributed by atoms with Crippen molar-refractivity contribution in [1.29, 1.82) is 0 Å². The molecule has 14 heteroatoms. The zero-order chi connectivity index (χ0) is 27.9. The van der Waals surface area contributed by atoms with Crippen molar-refractivity contribution in [2.45, 2.75) is 5.51 Å². The average molecular weight is 558 g/mol. The fraction of sp³-hybridized carbons (Fsp3) is 0.0400. The number of aromatic nitrogens is 2. The SMILES string of the molecule is O=c1ccc2nc3ccc(O)cc3oc-2c1.O=c1ccc2nc3ccc(OS(=O)(=O)C(F)(F)F)cc3oc-2c1. The molecule has 0 atom stereocenters. The summed E-state index contributed by atoms with van der Waals surface area (Å²) in [5.41, 5.74) is -3.69. The summed E-state index contributed by atoms with van der Waals surface area (Å²) in [5, 5.41) is 9.31. The van der Waals surface area contributed by atoms with Crippen molar-refractivity contribution in [2.75, 3.05) is 0 Å². The largest absolute Gasteiger partial charge is 0.534 e. The topological polar surface area (TPSA) is 150 Å². The molecule has 0 bridgehead atoms. The van der Waals surface area contributed by atoms with Gasteiger partial charge in [-0.2, -0.15) is 21.6 Å². The number of aromatic hydroxyl groups is 1. The molecule has 0 aromatic heterocycles. The minimum absolute atomic E-state index is 0.0297. The highest BCUT2D eigenvalue weighted by molar-refractivity contribution is 7.88. The molecule has 0 radical (unpaired) electrons. The van der Waals surface area contributed by atoms with E-state index < -0.39 is 21.4 Å². The lowest BCUT2D eigenvalue weighted by molar-refractivity contribution is -0.0500. The fourth-order valence-corrected chi connectivity index (χ4v) is 3.86. The second kappa shape index (κ2) is 9.40. The van der Waals surface area contributed by atoms with E-state index in [1.807, 2.05) is 0 Å². The van der Waals surface area contributed by atoms with E-state index in [4.69, 9.17) is 8.83 Å². The molecule has 2 aliphatic carbocycles. The minimum Gasteiger partial charge on any atom is -0.508 e. The number of phenols is 1. The molecule has 0 fully saturated rings. The van der Waals surface area contributed by atoms with Crippen LogP contribution in [0.15, 0.2) is 91.2 Å². The van der Waals surface area contributed by atoms with Crippen LogP contribution in [0, 0.1) is 0 Å². The van der Waals surface area contributed by atoms with Gasteiger partial charge in [0.25, 0.3) is 0 Å². The van der Waals surface area contributed by atoms with Gasteiger partial charge in [-0.3, -0.25) is 9.59 Å². The number of nitrogens with zero attached hydrogens (tertiary/aromatic N) is 2. The molecule has 4 aliphatic rings. The lowest BCUT2D eigenvalue weighted by Crippen LogP contribution is -2.28. The average Bonchev–Trinajstić information content (AvgIpc) is 2.86. The van der Waals surface area contributed by atoms with Gasteiger partial charge in [0.1, 0.15) is 33.9 Å². The highest BCUT2D eigenvalue weighted by Gasteiger charge is 2.48. The highest BCUT2D eigenvalue weighted by Crippen LogP contribution is 2.30. The number of halogens is 3. The smallest absolute Gasteiger partial charge is 0.508 e. The Labute approximate surface area is 215 Å². The summed E-state index contributed by atoms with van der Waals surface area (Å²) in [6.45, 7) is 0. The third kappa shape index (κ3) is 5.36. The van der Waals surface area contributed by atoms with Gasteiger partial charge in [-0.1, -0.05) is 0 Å². The molecule has 1 N–H and O–H groups in total. The van der Waals surface area contributed by atoms with Gasteiger partial charge in [-0.25, -0.2) is 9.97 Å². The molecule has 0 spiro atoms. The summed E-state index contributed by atoms with van der Waals surface area (Å²) >= 11 is 0. The standard InChI is InChI=1S/C13H6F3NO5S.C12H7NO3/c14-13(15,16)23(19,20)22-8-2-4-10-12(6-8)21-11-5-7(18)1-3-9(11)17-10;14-7-1-3-9-11(5-7)16-12-6-8(15)2-4-10(12)13-9/h1-6H;1-6,14H. The van der Waals surface area contributed by atoms with Crippen molar-refractivity contribution < 1.29 is 39.7 Å². The Morgan fingerprint density at radius 1 is 0.718 bits per heavy atom. The third-order valence-electron chi connectivity index (χ3n) is 5.15. The number of rotatable bonds is 2. The molecule has 2 heterocycles. The number of hydrogen-bond acceptors (Lipinski definition) is 10. The van der Waals surface area contributed by atoms with Crippen LogP contribution in [0.25, 0.3) is 45.1 Å². The van der Waals surface area contributed by atoms with Crippen LogP contribution < -0.4 is 15.0 Å². The molecule has 2 aliphatic heterocycles. The van der Waals surface area contributed by atoms with Crippen LogP contribution >= 0.6 is 0 Å². The van der Waals surface area contributed by atoms with Crippen molar-refractivity contribution in [1.82, 2.24) is 9.97 Å². The summed E-state index contributed by atoms with van der Waals surface area (Å²) in [5.74, 6) is 0.0557. The molecule has 0 saturated heterocycles. The minimum atomic E-state index is -5.78. The quantitative estimate of drug-likeness (QED) is 0.183. The van der Waals surface area contributed by atoms with Gasteiger partial charge >= 0.3 is 15.6 Å². The maximum absolute atomic E-state index is 12.3. The molecule has 0 unspecified atom stereocenters. The lowest BCUT2D eigenvalue weighted by Gasteiger charge is -2.10. The van der Waals surface area contributed by atoms with Crippen molar-refractivity contribution in [3.05, 3.63) is 93.2 Å². The first-order valence-corrected chi connectivity index (χ1v) is 12.2. The first kappa shape index (κ1) is 25.7. The molecule has 198 valence electrons. The van der Waals surface area contributed by atoms with Gasteiger partial charge in [0.05, 0.1) is 0 Å². The molecule has 2 aromatic rings. The van der Waals surface area contributed by atoms with Crippen LogP contribution in [0.4, 0.5) is 13.2 Å².